The number of hydrogen-bond donors (Lipinski definition) is 2. The van der Waals surface area contributed by atoms with Crippen LogP contribution in [-0.2, 0) is 9.53 Å². The quantitative estimate of drug-likeness (QED) is 0.661. The van der Waals surface area contributed by atoms with Crippen molar-refractivity contribution < 1.29 is 18.7 Å². The summed E-state index contributed by atoms with van der Waals surface area (Å²) in [5.74, 6) is -0.823. The van der Waals surface area contributed by atoms with Crippen LogP contribution in [-0.4, -0.2) is 29.5 Å². The van der Waals surface area contributed by atoms with E-state index in [1.165, 1.54) is 0 Å². The van der Waals surface area contributed by atoms with Gasteiger partial charge < -0.3 is 19.5 Å². The third kappa shape index (κ3) is 3.98. The van der Waals surface area contributed by atoms with Gasteiger partial charge in [0.1, 0.15) is 6.04 Å². The van der Waals surface area contributed by atoms with Crippen molar-refractivity contribution in [3.8, 4) is 0 Å². The average molecular weight is 336 g/mol. The molecule has 0 aliphatic rings. The Kier molecular flexibility index (Phi) is 4.89. The number of ether oxygens (including phenoxy) is 1. The van der Waals surface area contributed by atoms with Gasteiger partial charge in [-0.15, -0.1) is 0 Å². The zero-order valence-corrected chi connectivity index (χ0v) is 14.4. The van der Waals surface area contributed by atoms with Crippen molar-refractivity contribution in [1.29, 1.82) is 0 Å². The summed E-state index contributed by atoms with van der Waals surface area (Å²) >= 11 is 4.92. The van der Waals surface area contributed by atoms with E-state index in [-0.39, 0.29) is 17.4 Å². The largest absolute Gasteiger partial charge is 0.464 e. The second-order valence-corrected chi connectivity index (χ2v) is 6.62. The molecule has 0 unspecified atom stereocenters. The Balaban J connectivity index is 2.25. The maximum absolute atomic E-state index is 12.5. The third-order valence-corrected chi connectivity index (χ3v) is 3.53. The highest BCUT2D eigenvalue weighted by Gasteiger charge is 2.34. The number of esters is 1. The molecule has 0 saturated carbocycles. The molecule has 0 bridgehead atoms. The Hall–Kier alpha value is -2.15. The molecule has 1 aromatic heterocycles. The van der Waals surface area contributed by atoms with E-state index in [4.69, 9.17) is 21.4 Å². The van der Waals surface area contributed by atoms with Crippen molar-refractivity contribution in [3.05, 3.63) is 28.6 Å². The van der Waals surface area contributed by atoms with Crippen LogP contribution in [0.4, 0.5) is 0 Å². The summed E-state index contributed by atoms with van der Waals surface area (Å²) < 4.78 is 10.4. The molecule has 2 rings (SSSR count). The number of hydrogen-bond acceptors (Lipinski definition) is 5. The molecular formula is C16H20N2O4S. The fourth-order valence-corrected chi connectivity index (χ4v) is 2.36. The first kappa shape index (κ1) is 17.2. The van der Waals surface area contributed by atoms with Gasteiger partial charge in [-0.05, 0) is 42.8 Å². The number of rotatable bonds is 4. The maximum atomic E-state index is 12.5. The number of aromatic amines is 1. The van der Waals surface area contributed by atoms with Crippen molar-refractivity contribution >= 4 is 35.2 Å². The summed E-state index contributed by atoms with van der Waals surface area (Å²) in [6.45, 7) is 7.58. The zero-order chi connectivity index (χ0) is 17.2. The first-order chi connectivity index (χ1) is 10.7. The monoisotopic (exact) mass is 336 g/mol. The van der Waals surface area contributed by atoms with Crippen molar-refractivity contribution in [2.45, 2.75) is 33.7 Å². The summed E-state index contributed by atoms with van der Waals surface area (Å²) in [6.07, 6.45) is 0. The second-order valence-electron chi connectivity index (χ2n) is 6.25. The maximum Gasteiger partial charge on any atom is 0.329 e. The molecule has 0 fully saturated rings. The first-order valence-electron chi connectivity index (χ1n) is 7.32. The standard InChI is InChI=1S/C16H20N2O4S/c1-5-21-14(20)12(16(2,3)4)18-13(19)9-6-7-10-11(8-9)22-15(23)17-10/h6-8,12H,5H2,1-4H3,(H,17,23)(H,18,19)/t12-/m1/s1. The van der Waals surface area contributed by atoms with Crippen molar-refractivity contribution in [2.24, 2.45) is 5.41 Å². The van der Waals surface area contributed by atoms with Crippen LogP contribution in [0.5, 0.6) is 0 Å². The fourth-order valence-electron chi connectivity index (χ4n) is 2.16. The van der Waals surface area contributed by atoms with Crippen LogP contribution in [0.15, 0.2) is 22.6 Å². The van der Waals surface area contributed by atoms with E-state index in [0.29, 0.717) is 16.7 Å². The van der Waals surface area contributed by atoms with Crippen molar-refractivity contribution in [3.63, 3.8) is 0 Å². The minimum atomic E-state index is -0.747. The summed E-state index contributed by atoms with van der Waals surface area (Å²) in [5, 5.41) is 2.74. The van der Waals surface area contributed by atoms with Gasteiger partial charge in [0.25, 0.3) is 10.7 Å². The average Bonchev–Trinajstić information content (AvgIpc) is 2.82. The highest BCUT2D eigenvalue weighted by Crippen LogP contribution is 2.22. The highest BCUT2D eigenvalue weighted by atomic mass is 32.1. The smallest absolute Gasteiger partial charge is 0.329 e. The van der Waals surface area contributed by atoms with Gasteiger partial charge >= 0.3 is 5.97 Å². The molecule has 23 heavy (non-hydrogen) atoms. The van der Waals surface area contributed by atoms with Crippen LogP contribution < -0.4 is 5.32 Å². The number of benzene rings is 1. The van der Waals surface area contributed by atoms with Crippen molar-refractivity contribution in [1.82, 2.24) is 10.3 Å². The minimum Gasteiger partial charge on any atom is -0.464 e. The van der Waals surface area contributed by atoms with Gasteiger partial charge in [0.05, 0.1) is 12.1 Å². The van der Waals surface area contributed by atoms with Crippen LogP contribution in [0.1, 0.15) is 38.1 Å². The zero-order valence-electron chi connectivity index (χ0n) is 13.6. The Labute approximate surface area is 139 Å². The van der Waals surface area contributed by atoms with E-state index in [2.05, 4.69) is 10.3 Å². The van der Waals surface area contributed by atoms with Crippen LogP contribution in [0.2, 0.25) is 0 Å². The fraction of sp³-hybridized carbons (Fsp3) is 0.438. The number of amides is 1. The summed E-state index contributed by atoms with van der Waals surface area (Å²) in [7, 11) is 0. The van der Waals surface area contributed by atoms with E-state index in [1.807, 2.05) is 20.8 Å². The lowest BCUT2D eigenvalue weighted by atomic mass is 9.86. The lowest BCUT2D eigenvalue weighted by Gasteiger charge is -2.29. The Morgan fingerprint density at radius 1 is 1.39 bits per heavy atom. The number of oxazole rings is 1. The molecule has 1 heterocycles. The Morgan fingerprint density at radius 3 is 2.70 bits per heavy atom. The van der Waals surface area contributed by atoms with E-state index in [1.54, 1.807) is 25.1 Å². The van der Waals surface area contributed by atoms with Gasteiger partial charge in [-0.3, -0.25) is 4.79 Å². The number of H-pyrrole nitrogens is 1. The molecule has 2 N–H and O–H groups in total. The van der Waals surface area contributed by atoms with E-state index in [9.17, 15) is 9.59 Å². The number of fused-ring (bicyclic) bond motifs is 1. The molecule has 0 spiro atoms. The van der Waals surface area contributed by atoms with E-state index >= 15 is 0 Å². The topological polar surface area (TPSA) is 84.3 Å². The van der Waals surface area contributed by atoms with Gasteiger partial charge in [-0.25, -0.2) is 4.79 Å². The molecule has 1 atom stereocenters. The van der Waals surface area contributed by atoms with E-state index in [0.717, 1.165) is 0 Å². The van der Waals surface area contributed by atoms with Gasteiger partial charge in [0.2, 0.25) is 0 Å². The summed E-state index contributed by atoms with van der Waals surface area (Å²) in [5.41, 5.74) is 1.11. The molecule has 1 aromatic carbocycles. The minimum absolute atomic E-state index is 0.247. The molecule has 7 heteroatoms. The van der Waals surface area contributed by atoms with Crippen LogP contribution >= 0.6 is 12.2 Å². The van der Waals surface area contributed by atoms with Gasteiger partial charge in [0.15, 0.2) is 5.58 Å². The van der Waals surface area contributed by atoms with Crippen LogP contribution in [0.3, 0.4) is 0 Å². The van der Waals surface area contributed by atoms with Gasteiger partial charge in [-0.1, -0.05) is 20.8 Å². The van der Waals surface area contributed by atoms with Gasteiger partial charge in [0, 0.05) is 5.56 Å². The lowest BCUT2D eigenvalue weighted by molar-refractivity contribution is -0.148. The molecule has 124 valence electrons. The number of aromatic nitrogens is 1. The van der Waals surface area contributed by atoms with Gasteiger partial charge in [-0.2, -0.15) is 0 Å². The summed E-state index contributed by atoms with van der Waals surface area (Å²) in [6, 6.07) is 4.19. The Bertz CT molecular complexity index is 785. The van der Waals surface area contributed by atoms with E-state index < -0.39 is 17.4 Å². The summed E-state index contributed by atoms with van der Waals surface area (Å²) in [4.78, 5) is 27.7. The predicted molar refractivity (Wildman–Crippen MR) is 88.7 cm³/mol. The molecule has 6 nitrogen and oxygen atoms in total. The molecular weight excluding hydrogens is 316 g/mol. The normalized spacial score (nSPS) is 12.9. The first-order valence-corrected chi connectivity index (χ1v) is 7.73. The highest BCUT2D eigenvalue weighted by molar-refractivity contribution is 7.71. The molecule has 0 aliphatic heterocycles. The number of carbonyl (C=O) groups is 2. The van der Waals surface area contributed by atoms with Crippen molar-refractivity contribution in [2.75, 3.05) is 6.61 Å². The van der Waals surface area contributed by atoms with Crippen LogP contribution in [0.25, 0.3) is 11.1 Å². The molecule has 1 amide bonds. The third-order valence-electron chi connectivity index (χ3n) is 3.35. The molecule has 0 aliphatic carbocycles. The van der Waals surface area contributed by atoms with Crippen LogP contribution in [0, 0.1) is 10.3 Å². The number of nitrogens with one attached hydrogen (secondary N) is 2. The predicted octanol–water partition coefficient (Wildman–Crippen LogP) is 3.20. The molecule has 0 saturated heterocycles. The SMILES string of the molecule is CCOC(=O)[C@@H](NC(=O)c1ccc2[nH]c(=S)oc2c1)C(C)(C)C. The molecule has 0 radical (unpaired) electrons. The molecule has 2 aromatic rings. The second kappa shape index (κ2) is 6.54. The number of carbonyl (C=O) groups excluding carboxylic acids is 2. The Morgan fingerprint density at radius 2 is 2.09 bits per heavy atom. The lowest BCUT2D eigenvalue weighted by Crippen LogP contribution is -2.49.